The van der Waals surface area contributed by atoms with E-state index in [0.29, 0.717) is 12.0 Å². The van der Waals surface area contributed by atoms with Crippen LogP contribution in [0.3, 0.4) is 0 Å². The molecule has 0 aliphatic rings. The summed E-state index contributed by atoms with van der Waals surface area (Å²) in [5.41, 5.74) is 6.71. The number of rotatable bonds is 15. The smallest absolute Gasteiger partial charge is 0.326 e. The zero-order chi connectivity index (χ0) is 27.4. The molecule has 1 aromatic rings. The highest BCUT2D eigenvalue weighted by Gasteiger charge is 2.32. The van der Waals surface area contributed by atoms with Crippen molar-refractivity contribution < 1.29 is 34.2 Å². The number of carbonyl (C=O) groups excluding carboxylic acids is 3. The van der Waals surface area contributed by atoms with Gasteiger partial charge < -0.3 is 31.9 Å². The molecule has 0 fully saturated rings. The zero-order valence-electron chi connectivity index (χ0n) is 21.2. The molecule has 3 amide bonds. The van der Waals surface area contributed by atoms with Gasteiger partial charge in [-0.2, -0.15) is 0 Å². The summed E-state index contributed by atoms with van der Waals surface area (Å²) in [6, 6.07) is 4.38. The molecule has 11 heteroatoms. The summed E-state index contributed by atoms with van der Waals surface area (Å²) >= 11 is 0. The van der Waals surface area contributed by atoms with Crippen molar-refractivity contribution in [1.29, 1.82) is 0 Å². The predicted octanol–water partition coefficient (Wildman–Crippen LogP) is 0.662. The van der Waals surface area contributed by atoms with Gasteiger partial charge in [0.25, 0.3) is 0 Å². The Kier molecular flexibility index (Phi) is 12.6. The van der Waals surface area contributed by atoms with E-state index in [4.69, 9.17) is 10.8 Å². The molecule has 0 saturated heterocycles. The molecule has 0 saturated carbocycles. The number of nitrogens with one attached hydrogen (secondary N) is 3. The quantitative estimate of drug-likeness (QED) is 0.200. The summed E-state index contributed by atoms with van der Waals surface area (Å²) in [7, 11) is 0. The van der Waals surface area contributed by atoms with Gasteiger partial charge in [0.1, 0.15) is 18.1 Å². The predicted molar refractivity (Wildman–Crippen MR) is 133 cm³/mol. The molecule has 36 heavy (non-hydrogen) atoms. The zero-order valence-corrected chi connectivity index (χ0v) is 21.2. The van der Waals surface area contributed by atoms with Crippen molar-refractivity contribution in [1.82, 2.24) is 16.0 Å². The fourth-order valence-electron chi connectivity index (χ4n) is 3.41. The first kappa shape index (κ1) is 30.6. The molecule has 11 nitrogen and oxygen atoms in total. The Morgan fingerprint density at radius 2 is 1.44 bits per heavy atom. The molecule has 0 aromatic heterocycles. The van der Waals surface area contributed by atoms with Crippen molar-refractivity contribution in [2.45, 2.75) is 77.5 Å². The Morgan fingerprint density at radius 3 is 1.94 bits per heavy atom. The largest absolute Gasteiger partial charge is 0.481 e. The number of amides is 3. The highest BCUT2D eigenvalue weighted by molar-refractivity contribution is 5.94. The van der Waals surface area contributed by atoms with Gasteiger partial charge in [0.2, 0.25) is 17.7 Å². The highest BCUT2D eigenvalue weighted by Crippen LogP contribution is 2.10. The fraction of sp³-hybridized carbons (Fsp3) is 0.560. The van der Waals surface area contributed by atoms with E-state index in [1.807, 2.05) is 13.8 Å². The molecular weight excluding hydrogens is 468 g/mol. The highest BCUT2D eigenvalue weighted by atomic mass is 16.4. The van der Waals surface area contributed by atoms with Crippen LogP contribution >= 0.6 is 0 Å². The Hall–Kier alpha value is -3.47. The number of carbonyl (C=O) groups is 5. The van der Waals surface area contributed by atoms with E-state index in [1.54, 1.807) is 44.2 Å². The van der Waals surface area contributed by atoms with Gasteiger partial charge in [-0.3, -0.25) is 19.2 Å². The number of carboxylic acids is 2. The minimum absolute atomic E-state index is 0.0504. The lowest BCUT2D eigenvalue weighted by atomic mass is 9.97. The lowest BCUT2D eigenvalue weighted by Crippen LogP contribution is -2.59. The summed E-state index contributed by atoms with van der Waals surface area (Å²) in [6.07, 6.45) is -0.0423. The minimum atomic E-state index is -1.45. The summed E-state index contributed by atoms with van der Waals surface area (Å²) in [6.45, 7) is 7.20. The van der Waals surface area contributed by atoms with Gasteiger partial charge in [0, 0.05) is 12.8 Å². The van der Waals surface area contributed by atoms with Crippen LogP contribution in [0.1, 0.15) is 52.5 Å². The molecule has 7 N–H and O–H groups in total. The molecule has 5 unspecified atom stereocenters. The van der Waals surface area contributed by atoms with Crippen molar-refractivity contribution in [3.8, 4) is 0 Å². The molecular formula is C25H38N4O7. The molecule has 0 radical (unpaired) electrons. The third-order valence-electron chi connectivity index (χ3n) is 5.98. The van der Waals surface area contributed by atoms with Crippen LogP contribution in [-0.4, -0.2) is 64.0 Å². The second-order valence-electron chi connectivity index (χ2n) is 9.22. The van der Waals surface area contributed by atoms with E-state index < -0.39 is 60.2 Å². The summed E-state index contributed by atoms with van der Waals surface area (Å²) in [4.78, 5) is 61.3. The van der Waals surface area contributed by atoms with Crippen LogP contribution in [-0.2, 0) is 30.4 Å². The van der Waals surface area contributed by atoms with Crippen molar-refractivity contribution >= 4 is 29.7 Å². The van der Waals surface area contributed by atoms with Gasteiger partial charge in [0.05, 0.1) is 6.04 Å². The van der Waals surface area contributed by atoms with Crippen molar-refractivity contribution in [3.05, 3.63) is 35.9 Å². The number of benzene rings is 1. The molecule has 0 spiro atoms. The first-order chi connectivity index (χ1) is 16.9. The maximum atomic E-state index is 13.2. The van der Waals surface area contributed by atoms with Crippen LogP contribution in [0.25, 0.3) is 0 Å². The van der Waals surface area contributed by atoms with Crippen molar-refractivity contribution in [2.75, 3.05) is 0 Å². The molecule has 5 atom stereocenters. The molecule has 0 aliphatic carbocycles. The van der Waals surface area contributed by atoms with Crippen LogP contribution in [0.5, 0.6) is 0 Å². The lowest BCUT2D eigenvalue weighted by molar-refractivity contribution is -0.143. The first-order valence-corrected chi connectivity index (χ1v) is 12.0. The number of aliphatic carboxylic acids is 2. The third kappa shape index (κ3) is 10.0. The van der Waals surface area contributed by atoms with Gasteiger partial charge in [-0.1, -0.05) is 64.4 Å². The molecule has 0 heterocycles. The van der Waals surface area contributed by atoms with Gasteiger partial charge in [-0.05, 0) is 23.8 Å². The van der Waals surface area contributed by atoms with Crippen LogP contribution < -0.4 is 21.7 Å². The van der Waals surface area contributed by atoms with E-state index >= 15 is 0 Å². The van der Waals surface area contributed by atoms with Crippen LogP contribution in [0, 0.1) is 11.8 Å². The molecule has 200 valence electrons. The molecule has 0 bridgehead atoms. The topological polar surface area (TPSA) is 188 Å². The van der Waals surface area contributed by atoms with Crippen LogP contribution in [0.15, 0.2) is 30.3 Å². The maximum Gasteiger partial charge on any atom is 0.326 e. The minimum Gasteiger partial charge on any atom is -0.481 e. The molecule has 0 aliphatic heterocycles. The summed E-state index contributed by atoms with van der Waals surface area (Å²) in [5, 5.41) is 25.9. The van der Waals surface area contributed by atoms with E-state index in [1.165, 1.54) is 0 Å². The number of nitrogens with two attached hydrogens (primary N) is 1. The Morgan fingerprint density at radius 1 is 0.861 bits per heavy atom. The number of hydrogen-bond acceptors (Lipinski definition) is 6. The average molecular weight is 507 g/mol. The monoisotopic (exact) mass is 506 g/mol. The third-order valence-corrected chi connectivity index (χ3v) is 5.98. The van der Waals surface area contributed by atoms with E-state index in [2.05, 4.69) is 16.0 Å². The number of carboxylic acid groups (broad SMARTS) is 2. The normalized spacial score (nSPS) is 15.2. The standard InChI is InChI=1S/C25H38N4O7/c1-5-15(4)20(26)23(33)29-21(14(2)3)24(34)28-18(13-16-9-7-6-8-10-16)22(32)27-17(25(35)36)11-12-19(30)31/h6-10,14-15,17-18,20-21H,5,11-13,26H2,1-4H3,(H,27,32)(H,28,34)(H,29,33)(H,30,31)(H,35,36). The SMILES string of the molecule is CCC(C)C(N)C(=O)NC(C(=O)NC(Cc1ccccc1)C(=O)NC(CCC(=O)O)C(=O)O)C(C)C. The Balaban J connectivity index is 3.10. The van der Waals surface area contributed by atoms with E-state index in [-0.39, 0.29) is 24.7 Å². The van der Waals surface area contributed by atoms with Crippen LogP contribution in [0.2, 0.25) is 0 Å². The molecule has 1 rings (SSSR count). The van der Waals surface area contributed by atoms with Gasteiger partial charge in [0.15, 0.2) is 0 Å². The van der Waals surface area contributed by atoms with Crippen molar-refractivity contribution in [2.24, 2.45) is 17.6 Å². The van der Waals surface area contributed by atoms with E-state index in [0.717, 1.165) is 0 Å². The first-order valence-electron chi connectivity index (χ1n) is 12.0. The van der Waals surface area contributed by atoms with Gasteiger partial charge >= 0.3 is 11.9 Å². The Labute approximate surface area is 211 Å². The van der Waals surface area contributed by atoms with Gasteiger partial charge in [-0.15, -0.1) is 0 Å². The average Bonchev–Trinajstić information content (AvgIpc) is 2.83. The Bertz CT molecular complexity index is 907. The summed E-state index contributed by atoms with van der Waals surface area (Å²) < 4.78 is 0. The van der Waals surface area contributed by atoms with Crippen LogP contribution in [0.4, 0.5) is 0 Å². The van der Waals surface area contributed by atoms with Gasteiger partial charge in [-0.25, -0.2) is 4.79 Å². The van der Waals surface area contributed by atoms with Crippen molar-refractivity contribution in [3.63, 3.8) is 0 Å². The molecule has 1 aromatic carbocycles. The second-order valence-corrected chi connectivity index (χ2v) is 9.22. The maximum absolute atomic E-state index is 13.2. The number of hydrogen-bond donors (Lipinski definition) is 6. The lowest BCUT2D eigenvalue weighted by Gasteiger charge is -2.28. The van der Waals surface area contributed by atoms with E-state index in [9.17, 15) is 29.1 Å². The fourth-order valence-corrected chi connectivity index (χ4v) is 3.41. The second kappa shape index (κ2) is 14.8. The summed E-state index contributed by atoms with van der Waals surface area (Å²) in [5.74, 6) is -4.91.